The minimum atomic E-state index is -0.116. The van der Waals surface area contributed by atoms with Gasteiger partial charge in [0.1, 0.15) is 0 Å². The van der Waals surface area contributed by atoms with Crippen LogP contribution in [-0.2, 0) is 4.79 Å². The van der Waals surface area contributed by atoms with Gasteiger partial charge < -0.3 is 5.32 Å². The first-order chi connectivity index (χ1) is 13.9. The first kappa shape index (κ1) is 21.1. The molecule has 0 bridgehead atoms. The molecule has 3 rings (SSSR count). The second-order valence-electron chi connectivity index (χ2n) is 7.34. The zero-order valence-corrected chi connectivity index (χ0v) is 18.2. The first-order valence-corrected chi connectivity index (χ1v) is 10.9. The van der Waals surface area contributed by atoms with Gasteiger partial charge in [-0.3, -0.25) is 14.2 Å². The molecule has 6 heteroatoms. The van der Waals surface area contributed by atoms with E-state index in [4.69, 9.17) is 4.98 Å². The second kappa shape index (κ2) is 9.27. The normalized spacial score (nSPS) is 12.1. The smallest absolute Gasteiger partial charge is 0.266 e. The lowest BCUT2D eigenvalue weighted by Gasteiger charge is -2.17. The van der Waals surface area contributed by atoms with Crippen molar-refractivity contribution in [2.45, 2.75) is 51.7 Å². The number of benzene rings is 2. The zero-order valence-electron chi connectivity index (χ0n) is 17.4. The van der Waals surface area contributed by atoms with Gasteiger partial charge in [0.05, 0.1) is 22.3 Å². The minimum absolute atomic E-state index is 0.0496. The molecule has 0 saturated carbocycles. The van der Waals surface area contributed by atoms with Crippen molar-refractivity contribution < 1.29 is 4.79 Å². The van der Waals surface area contributed by atoms with Crippen LogP contribution in [0.3, 0.4) is 0 Å². The number of rotatable bonds is 7. The summed E-state index contributed by atoms with van der Waals surface area (Å²) in [7, 11) is 0. The molecule has 152 valence electrons. The monoisotopic (exact) mass is 409 g/mol. The van der Waals surface area contributed by atoms with Gasteiger partial charge in [-0.25, -0.2) is 4.98 Å². The number of carbonyl (C=O) groups excluding carboxylic acids is 1. The summed E-state index contributed by atoms with van der Waals surface area (Å²) in [5.74, 6) is 0.162. The number of aryl methyl sites for hydroxylation is 2. The molecule has 2 aromatic carbocycles. The molecule has 0 aliphatic carbocycles. The quantitative estimate of drug-likeness (QED) is 0.464. The molecule has 1 aromatic heterocycles. The molecular weight excluding hydrogens is 382 g/mol. The minimum Gasteiger partial charge on any atom is -0.353 e. The fourth-order valence-electron chi connectivity index (χ4n) is 3.52. The average molecular weight is 410 g/mol. The third-order valence-electron chi connectivity index (χ3n) is 4.87. The van der Waals surface area contributed by atoms with Crippen molar-refractivity contribution in [2.24, 2.45) is 0 Å². The average Bonchev–Trinajstić information content (AvgIpc) is 2.68. The maximum absolute atomic E-state index is 13.4. The van der Waals surface area contributed by atoms with Crippen molar-refractivity contribution in [3.05, 3.63) is 63.9 Å². The molecule has 0 fully saturated rings. The Labute approximate surface area is 175 Å². The van der Waals surface area contributed by atoms with Gasteiger partial charge in [-0.15, -0.1) is 0 Å². The topological polar surface area (TPSA) is 64.0 Å². The Balaban J connectivity index is 2.04. The van der Waals surface area contributed by atoms with Crippen LogP contribution >= 0.6 is 11.8 Å². The molecule has 1 atom stereocenters. The van der Waals surface area contributed by atoms with Gasteiger partial charge >= 0.3 is 0 Å². The molecule has 1 amide bonds. The van der Waals surface area contributed by atoms with Gasteiger partial charge in [0, 0.05) is 6.04 Å². The predicted molar refractivity (Wildman–Crippen MR) is 120 cm³/mol. The van der Waals surface area contributed by atoms with Gasteiger partial charge in [-0.05, 0) is 50.5 Å². The van der Waals surface area contributed by atoms with Gasteiger partial charge in [0.25, 0.3) is 5.56 Å². The number of nitrogens with one attached hydrogen (secondary N) is 1. The highest BCUT2D eigenvalue weighted by molar-refractivity contribution is 7.99. The van der Waals surface area contributed by atoms with Crippen molar-refractivity contribution >= 4 is 28.6 Å². The van der Waals surface area contributed by atoms with E-state index in [2.05, 4.69) is 12.2 Å². The van der Waals surface area contributed by atoms with E-state index in [1.807, 2.05) is 57.2 Å². The lowest BCUT2D eigenvalue weighted by atomic mass is 10.1. The van der Waals surface area contributed by atoms with E-state index in [1.165, 1.54) is 11.8 Å². The van der Waals surface area contributed by atoms with Crippen LogP contribution in [0.4, 0.5) is 0 Å². The summed E-state index contributed by atoms with van der Waals surface area (Å²) in [6.45, 7) is 8.07. The van der Waals surface area contributed by atoms with E-state index in [-0.39, 0.29) is 23.3 Å². The van der Waals surface area contributed by atoms with Crippen LogP contribution in [-0.4, -0.2) is 27.3 Å². The number of amides is 1. The highest BCUT2D eigenvalue weighted by atomic mass is 32.2. The number of para-hydroxylation sites is 2. The summed E-state index contributed by atoms with van der Waals surface area (Å²) in [6, 6.07) is 13.4. The Morgan fingerprint density at radius 1 is 1.14 bits per heavy atom. The zero-order chi connectivity index (χ0) is 21.0. The molecule has 0 unspecified atom stereocenters. The fourth-order valence-corrected chi connectivity index (χ4v) is 4.33. The summed E-state index contributed by atoms with van der Waals surface area (Å²) >= 11 is 1.30. The predicted octanol–water partition coefficient (Wildman–Crippen LogP) is 4.40. The maximum Gasteiger partial charge on any atom is 0.266 e. The third kappa shape index (κ3) is 4.70. The van der Waals surface area contributed by atoms with Crippen molar-refractivity contribution in [3.8, 4) is 5.69 Å². The Bertz CT molecular complexity index is 1070. The standard InChI is InChI=1S/C23H27N3O2S/c1-5-9-17(4)24-20(27)14-29-23-25-19-13-7-6-12-18(19)22(28)26(23)21-15(2)10-8-11-16(21)3/h6-8,10-13,17H,5,9,14H2,1-4H3,(H,24,27)/t17-/m0/s1. The number of aromatic nitrogens is 2. The number of carbonyl (C=O) groups is 1. The van der Waals surface area contributed by atoms with Crippen molar-refractivity contribution in [3.63, 3.8) is 0 Å². The molecule has 0 radical (unpaired) electrons. The number of thioether (sulfide) groups is 1. The Hall–Kier alpha value is -2.60. The van der Waals surface area contributed by atoms with Gasteiger partial charge in [0.2, 0.25) is 5.91 Å². The number of hydrogen-bond donors (Lipinski definition) is 1. The van der Waals surface area contributed by atoms with Gasteiger partial charge in [-0.1, -0.05) is 55.4 Å². The molecule has 5 nitrogen and oxygen atoms in total. The van der Waals surface area contributed by atoms with Crippen molar-refractivity contribution in [1.29, 1.82) is 0 Å². The van der Waals surface area contributed by atoms with E-state index < -0.39 is 0 Å². The van der Waals surface area contributed by atoms with E-state index in [9.17, 15) is 9.59 Å². The molecular formula is C23H27N3O2S. The summed E-state index contributed by atoms with van der Waals surface area (Å²) in [6.07, 6.45) is 1.96. The Kier molecular flexibility index (Phi) is 6.75. The van der Waals surface area contributed by atoms with Crippen LogP contribution in [0.1, 0.15) is 37.8 Å². The maximum atomic E-state index is 13.4. The van der Waals surface area contributed by atoms with Crippen molar-refractivity contribution in [2.75, 3.05) is 5.75 Å². The fraction of sp³-hybridized carbons (Fsp3) is 0.348. The van der Waals surface area contributed by atoms with Crippen LogP contribution in [0, 0.1) is 13.8 Å². The highest BCUT2D eigenvalue weighted by Crippen LogP contribution is 2.25. The van der Waals surface area contributed by atoms with Gasteiger partial charge in [-0.2, -0.15) is 0 Å². The number of fused-ring (bicyclic) bond motifs is 1. The molecule has 1 N–H and O–H groups in total. The van der Waals surface area contributed by atoms with E-state index >= 15 is 0 Å². The second-order valence-corrected chi connectivity index (χ2v) is 8.28. The number of hydrogen-bond acceptors (Lipinski definition) is 4. The van der Waals surface area contributed by atoms with Crippen LogP contribution in [0.2, 0.25) is 0 Å². The molecule has 0 saturated heterocycles. The third-order valence-corrected chi connectivity index (χ3v) is 5.81. The summed E-state index contributed by atoms with van der Waals surface area (Å²) < 4.78 is 1.65. The largest absolute Gasteiger partial charge is 0.353 e. The lowest BCUT2D eigenvalue weighted by Crippen LogP contribution is -2.34. The first-order valence-electron chi connectivity index (χ1n) is 9.93. The van der Waals surface area contributed by atoms with E-state index in [0.717, 1.165) is 29.7 Å². The molecule has 0 aliphatic heterocycles. The lowest BCUT2D eigenvalue weighted by molar-refractivity contribution is -0.119. The summed E-state index contributed by atoms with van der Waals surface area (Å²) in [4.78, 5) is 30.5. The van der Waals surface area contributed by atoms with Gasteiger partial charge in [0.15, 0.2) is 5.16 Å². The van der Waals surface area contributed by atoms with Crippen molar-refractivity contribution in [1.82, 2.24) is 14.9 Å². The van der Waals surface area contributed by atoms with Crippen LogP contribution < -0.4 is 10.9 Å². The molecule has 29 heavy (non-hydrogen) atoms. The van der Waals surface area contributed by atoms with E-state index in [0.29, 0.717) is 16.1 Å². The highest BCUT2D eigenvalue weighted by Gasteiger charge is 2.17. The molecule has 3 aromatic rings. The number of nitrogens with zero attached hydrogens (tertiary/aromatic N) is 2. The van der Waals surface area contributed by atoms with Crippen LogP contribution in [0.5, 0.6) is 0 Å². The molecule has 0 aliphatic rings. The van der Waals surface area contributed by atoms with E-state index in [1.54, 1.807) is 10.6 Å². The Morgan fingerprint density at radius 3 is 2.52 bits per heavy atom. The summed E-state index contributed by atoms with van der Waals surface area (Å²) in [5.41, 5.74) is 3.34. The van der Waals surface area contributed by atoms with Crippen LogP contribution in [0.15, 0.2) is 52.4 Å². The van der Waals surface area contributed by atoms with Crippen LogP contribution in [0.25, 0.3) is 16.6 Å². The summed E-state index contributed by atoms with van der Waals surface area (Å²) in [5, 5.41) is 4.11. The Morgan fingerprint density at radius 2 is 1.83 bits per heavy atom. The molecule has 1 heterocycles. The SMILES string of the molecule is CCC[C@H](C)NC(=O)CSc1nc2ccccc2c(=O)n1-c1c(C)cccc1C. The molecule has 0 spiro atoms.